The predicted octanol–water partition coefficient (Wildman–Crippen LogP) is 1.14. The van der Waals surface area contributed by atoms with Crippen LogP contribution in [-0.2, 0) is 4.79 Å². The summed E-state index contributed by atoms with van der Waals surface area (Å²) >= 11 is 5.76. The van der Waals surface area contributed by atoms with Crippen LogP contribution in [0.25, 0.3) is 10.9 Å². The van der Waals surface area contributed by atoms with Gasteiger partial charge in [-0.15, -0.1) is 0 Å². The van der Waals surface area contributed by atoms with E-state index < -0.39 is 18.6 Å². The highest BCUT2D eigenvalue weighted by molar-refractivity contribution is 6.28. The predicted molar refractivity (Wildman–Crippen MR) is 66.7 cm³/mol. The minimum absolute atomic E-state index is 0.0123. The zero-order valence-corrected chi connectivity index (χ0v) is 9.92. The van der Waals surface area contributed by atoms with Crippen LogP contribution in [0.2, 0.25) is 5.28 Å². The molecule has 3 N–H and O–H groups in total. The highest BCUT2D eigenvalue weighted by Crippen LogP contribution is 2.22. The van der Waals surface area contributed by atoms with E-state index in [4.69, 9.17) is 21.8 Å². The number of halogens is 1. The van der Waals surface area contributed by atoms with Gasteiger partial charge in [0.2, 0.25) is 5.28 Å². The molecule has 0 aliphatic heterocycles. The fraction of sp³-hybridized carbons (Fsp3) is 0.182. The molecule has 1 heterocycles. The fourth-order valence-electron chi connectivity index (χ4n) is 1.51. The molecule has 0 radical (unpaired) electrons. The van der Waals surface area contributed by atoms with Crippen molar-refractivity contribution in [3.05, 3.63) is 29.5 Å². The zero-order valence-electron chi connectivity index (χ0n) is 9.17. The maximum atomic E-state index is 10.9. The van der Waals surface area contributed by atoms with Crippen LogP contribution < -0.4 is 5.32 Å². The Morgan fingerprint density at radius 3 is 2.78 bits per heavy atom. The first-order chi connectivity index (χ1) is 8.61. The van der Waals surface area contributed by atoms with Gasteiger partial charge in [-0.05, 0) is 23.7 Å². The molecule has 18 heavy (non-hydrogen) atoms. The third kappa shape index (κ3) is 2.49. The fourth-order valence-corrected chi connectivity index (χ4v) is 1.68. The molecule has 0 spiro atoms. The van der Waals surface area contributed by atoms with Gasteiger partial charge in [-0.25, -0.2) is 14.8 Å². The zero-order chi connectivity index (χ0) is 13.1. The average molecular weight is 268 g/mol. The molecule has 2 rings (SSSR count). The van der Waals surface area contributed by atoms with Gasteiger partial charge in [0.25, 0.3) is 0 Å². The smallest absolute Gasteiger partial charge is 0.328 e. The van der Waals surface area contributed by atoms with Gasteiger partial charge in [0.15, 0.2) is 0 Å². The van der Waals surface area contributed by atoms with Crippen LogP contribution in [0.15, 0.2) is 24.3 Å². The van der Waals surface area contributed by atoms with E-state index in [1.165, 1.54) is 0 Å². The Morgan fingerprint density at radius 1 is 1.39 bits per heavy atom. The summed E-state index contributed by atoms with van der Waals surface area (Å²) in [7, 11) is 0. The first kappa shape index (κ1) is 12.5. The quantitative estimate of drug-likeness (QED) is 0.719. The molecular formula is C11H10ClN3O3. The molecule has 1 aromatic carbocycles. The number of carboxylic acid groups (broad SMARTS) is 1. The number of para-hydroxylation sites is 1. The van der Waals surface area contributed by atoms with E-state index in [1.54, 1.807) is 24.3 Å². The standard InChI is InChI=1S/C11H10ClN3O3/c12-11-14-7-4-2-1-3-6(7)9(15-11)13-8(5-16)10(17)18/h1-4,8,16H,5H2,(H,17,18)(H,13,14,15). The normalized spacial score (nSPS) is 12.3. The number of aromatic nitrogens is 2. The van der Waals surface area contributed by atoms with Crippen LogP contribution in [-0.4, -0.2) is 38.8 Å². The Morgan fingerprint density at radius 2 is 2.11 bits per heavy atom. The van der Waals surface area contributed by atoms with E-state index in [9.17, 15) is 4.79 Å². The molecule has 0 bridgehead atoms. The molecule has 0 aliphatic rings. The SMILES string of the molecule is O=C(O)C(CO)Nc1nc(Cl)nc2ccccc12. The number of rotatable bonds is 4. The van der Waals surface area contributed by atoms with E-state index in [-0.39, 0.29) is 11.1 Å². The van der Waals surface area contributed by atoms with Crippen molar-refractivity contribution in [2.24, 2.45) is 0 Å². The van der Waals surface area contributed by atoms with Crippen molar-refractivity contribution in [2.45, 2.75) is 6.04 Å². The minimum atomic E-state index is -1.17. The number of anilines is 1. The average Bonchev–Trinajstić information content (AvgIpc) is 2.35. The minimum Gasteiger partial charge on any atom is -0.480 e. The Labute approximate surface area is 107 Å². The van der Waals surface area contributed by atoms with Crippen molar-refractivity contribution >= 4 is 34.3 Å². The summed E-state index contributed by atoms with van der Waals surface area (Å²) in [5.41, 5.74) is 0.599. The van der Waals surface area contributed by atoms with Gasteiger partial charge in [0, 0.05) is 5.39 Å². The maximum Gasteiger partial charge on any atom is 0.328 e. The molecule has 6 nitrogen and oxygen atoms in total. The summed E-state index contributed by atoms with van der Waals surface area (Å²) in [6.07, 6.45) is 0. The van der Waals surface area contributed by atoms with Gasteiger partial charge < -0.3 is 15.5 Å². The Bertz CT molecular complexity index is 591. The van der Waals surface area contributed by atoms with Gasteiger partial charge in [0.05, 0.1) is 12.1 Å². The lowest BCUT2D eigenvalue weighted by atomic mass is 10.2. The van der Waals surface area contributed by atoms with Crippen molar-refractivity contribution in [3.63, 3.8) is 0 Å². The number of fused-ring (bicyclic) bond motifs is 1. The monoisotopic (exact) mass is 267 g/mol. The summed E-state index contributed by atoms with van der Waals surface area (Å²) in [6, 6.07) is 5.90. The summed E-state index contributed by atoms with van der Waals surface area (Å²) in [5, 5.41) is 21.1. The number of hydrogen-bond donors (Lipinski definition) is 3. The number of aliphatic hydroxyl groups excluding tert-OH is 1. The van der Waals surface area contributed by atoms with Crippen molar-refractivity contribution in [2.75, 3.05) is 11.9 Å². The van der Waals surface area contributed by atoms with E-state index >= 15 is 0 Å². The summed E-state index contributed by atoms with van der Waals surface area (Å²) in [5.74, 6) is -0.886. The molecule has 0 aliphatic carbocycles. The van der Waals surface area contributed by atoms with Gasteiger partial charge in [0.1, 0.15) is 11.9 Å². The van der Waals surface area contributed by atoms with Crippen LogP contribution >= 0.6 is 11.6 Å². The number of nitrogens with zero attached hydrogens (tertiary/aromatic N) is 2. The van der Waals surface area contributed by atoms with Crippen molar-refractivity contribution in [3.8, 4) is 0 Å². The second-order valence-corrected chi connectivity index (χ2v) is 3.91. The van der Waals surface area contributed by atoms with E-state index in [0.717, 1.165) is 0 Å². The van der Waals surface area contributed by atoms with Gasteiger partial charge in [-0.2, -0.15) is 0 Å². The number of carbonyl (C=O) groups is 1. The van der Waals surface area contributed by atoms with Crippen LogP contribution in [0.1, 0.15) is 0 Å². The van der Waals surface area contributed by atoms with Crippen LogP contribution in [0.4, 0.5) is 5.82 Å². The maximum absolute atomic E-state index is 10.9. The molecule has 1 aromatic heterocycles. The first-order valence-electron chi connectivity index (χ1n) is 5.14. The molecule has 0 amide bonds. The Balaban J connectivity index is 2.46. The van der Waals surface area contributed by atoms with Crippen molar-refractivity contribution < 1.29 is 15.0 Å². The van der Waals surface area contributed by atoms with Crippen molar-refractivity contribution in [1.82, 2.24) is 9.97 Å². The van der Waals surface area contributed by atoms with E-state index in [1.807, 2.05) is 0 Å². The number of aliphatic carboxylic acids is 1. The van der Waals surface area contributed by atoms with E-state index in [2.05, 4.69) is 15.3 Å². The molecule has 0 fully saturated rings. The Hall–Kier alpha value is -1.92. The number of benzene rings is 1. The topological polar surface area (TPSA) is 95.3 Å². The summed E-state index contributed by atoms with van der Waals surface area (Å²) in [4.78, 5) is 18.8. The summed E-state index contributed by atoms with van der Waals surface area (Å²) in [6.45, 7) is -0.550. The first-order valence-corrected chi connectivity index (χ1v) is 5.52. The molecule has 1 unspecified atom stereocenters. The van der Waals surface area contributed by atoms with Crippen LogP contribution in [0, 0.1) is 0 Å². The number of aliphatic hydroxyl groups is 1. The number of hydrogen-bond acceptors (Lipinski definition) is 5. The lowest BCUT2D eigenvalue weighted by molar-refractivity contribution is -0.138. The van der Waals surface area contributed by atoms with Gasteiger partial charge in [-0.1, -0.05) is 12.1 Å². The van der Waals surface area contributed by atoms with E-state index in [0.29, 0.717) is 10.9 Å². The highest BCUT2D eigenvalue weighted by Gasteiger charge is 2.18. The Kier molecular flexibility index (Phi) is 3.59. The molecule has 2 aromatic rings. The lowest BCUT2D eigenvalue weighted by Gasteiger charge is -2.13. The third-order valence-electron chi connectivity index (χ3n) is 2.37. The molecular weight excluding hydrogens is 258 g/mol. The molecule has 7 heteroatoms. The van der Waals surface area contributed by atoms with Crippen LogP contribution in [0.3, 0.4) is 0 Å². The van der Waals surface area contributed by atoms with Gasteiger partial charge >= 0.3 is 5.97 Å². The number of nitrogens with one attached hydrogen (secondary N) is 1. The molecule has 1 atom stereocenters. The largest absolute Gasteiger partial charge is 0.480 e. The molecule has 94 valence electrons. The second-order valence-electron chi connectivity index (χ2n) is 3.58. The lowest BCUT2D eigenvalue weighted by Crippen LogP contribution is -2.33. The van der Waals surface area contributed by atoms with Crippen molar-refractivity contribution in [1.29, 1.82) is 0 Å². The molecule has 0 saturated heterocycles. The van der Waals surface area contributed by atoms with Gasteiger partial charge in [-0.3, -0.25) is 0 Å². The number of carboxylic acids is 1. The summed E-state index contributed by atoms with van der Waals surface area (Å²) < 4.78 is 0. The van der Waals surface area contributed by atoms with Crippen LogP contribution in [0.5, 0.6) is 0 Å². The third-order valence-corrected chi connectivity index (χ3v) is 2.54. The highest BCUT2D eigenvalue weighted by atomic mass is 35.5. The molecule has 0 saturated carbocycles. The second kappa shape index (κ2) is 5.16.